The van der Waals surface area contributed by atoms with E-state index in [9.17, 15) is 43.2 Å². The third-order valence-corrected chi connectivity index (χ3v) is 11.6. The first-order valence-corrected chi connectivity index (χ1v) is 27.2. The van der Waals surface area contributed by atoms with Crippen molar-refractivity contribution in [3.05, 3.63) is 0 Å². The average molecular weight is 1160 g/mol. The molecule has 28 nitrogen and oxygen atoms in total. The van der Waals surface area contributed by atoms with Crippen molar-refractivity contribution in [2.45, 2.75) is 116 Å². The number of esters is 9. The molecule has 0 fully saturated rings. The summed E-state index contributed by atoms with van der Waals surface area (Å²) in [5.74, 6) is -4.90. The lowest BCUT2D eigenvalue weighted by Crippen LogP contribution is -2.32. The summed E-state index contributed by atoms with van der Waals surface area (Å²) < 4.78 is 45.2. The second kappa shape index (κ2) is 52.4. The Kier molecular flexibility index (Phi) is 47.3. The molecule has 0 aromatic carbocycles. The number of unbranched alkanes of at least 4 members (excludes halogenated alkanes) is 6. The lowest BCUT2D eigenvalue weighted by atomic mass is 10.2. The van der Waals surface area contributed by atoms with Crippen LogP contribution in [0.25, 0.3) is 0 Å². The van der Waals surface area contributed by atoms with Crippen LogP contribution in [-0.2, 0) is 85.8 Å². The van der Waals surface area contributed by atoms with Crippen LogP contribution < -0.4 is 0 Å². The molecule has 0 aromatic heterocycles. The summed E-state index contributed by atoms with van der Waals surface area (Å²) in [7, 11) is 0. The van der Waals surface area contributed by atoms with Gasteiger partial charge in [-0.1, -0.05) is 0 Å². The predicted octanol–water partition coefficient (Wildman–Crippen LogP) is 2.25. The second-order valence-corrected chi connectivity index (χ2v) is 17.9. The van der Waals surface area contributed by atoms with Crippen molar-refractivity contribution in [2.24, 2.45) is 0 Å². The molecule has 0 aliphatic carbocycles. The first-order valence-electron chi connectivity index (χ1n) is 27.2. The van der Waals surface area contributed by atoms with Gasteiger partial charge in [-0.2, -0.15) is 31.6 Å². The number of nitriles is 6. The molecule has 0 spiro atoms. The van der Waals surface area contributed by atoms with Crippen molar-refractivity contribution in [1.29, 1.82) is 31.6 Å². The highest BCUT2D eigenvalue weighted by atomic mass is 16.6. The molecule has 0 radical (unpaired) electrons. The normalized spacial score (nSPS) is 10.5. The fraction of sp³-hybridized carbons (Fsp3) is 0.722. The fourth-order valence-corrected chi connectivity index (χ4v) is 7.31. The first kappa shape index (κ1) is 74.0. The molecule has 0 saturated heterocycles. The van der Waals surface area contributed by atoms with Gasteiger partial charge < -0.3 is 62.2 Å². The van der Waals surface area contributed by atoms with E-state index in [1.807, 2.05) is 14.7 Å². The fourth-order valence-electron chi connectivity index (χ4n) is 7.31. The van der Waals surface area contributed by atoms with Gasteiger partial charge in [0.2, 0.25) is 0 Å². The van der Waals surface area contributed by atoms with Crippen LogP contribution in [0.1, 0.15) is 116 Å². The zero-order valence-corrected chi connectivity index (χ0v) is 46.9. The molecule has 28 heteroatoms. The van der Waals surface area contributed by atoms with E-state index in [0.717, 1.165) is 0 Å². The molecule has 82 heavy (non-hydrogen) atoms. The monoisotopic (exact) mass is 1150 g/mol. The van der Waals surface area contributed by atoms with Crippen LogP contribution in [-0.4, -0.2) is 211 Å². The van der Waals surface area contributed by atoms with E-state index in [-0.39, 0.29) is 176 Å². The largest absolute Gasteiger partial charge is 0.466 e. The van der Waals surface area contributed by atoms with Gasteiger partial charge in [-0.25, -0.2) is 0 Å². The van der Waals surface area contributed by atoms with Crippen molar-refractivity contribution >= 4 is 53.7 Å². The molecule has 0 atom stereocenters. The van der Waals surface area contributed by atoms with Crippen molar-refractivity contribution in [1.82, 2.24) is 19.6 Å². The number of nitrogens with zero attached hydrogens (tertiary/aromatic N) is 10. The van der Waals surface area contributed by atoms with Crippen LogP contribution in [0.15, 0.2) is 0 Å². The minimum Gasteiger partial charge on any atom is -0.466 e. The predicted molar refractivity (Wildman–Crippen MR) is 281 cm³/mol. The van der Waals surface area contributed by atoms with Crippen molar-refractivity contribution < 1.29 is 85.8 Å². The van der Waals surface area contributed by atoms with Gasteiger partial charge in [-0.05, 0) is 77.4 Å². The first-order chi connectivity index (χ1) is 39.7. The molecule has 0 N–H and O–H groups in total. The van der Waals surface area contributed by atoms with Gasteiger partial charge in [0.25, 0.3) is 0 Å². The van der Waals surface area contributed by atoms with Gasteiger partial charge in [0.05, 0.1) is 77.6 Å². The van der Waals surface area contributed by atoms with Gasteiger partial charge >= 0.3 is 53.7 Å². The summed E-state index contributed by atoms with van der Waals surface area (Å²) in [6.45, 7) is 1.52. The van der Waals surface area contributed by atoms with E-state index in [2.05, 4.69) is 0 Å². The molecule has 0 rings (SSSR count). The van der Waals surface area contributed by atoms with E-state index >= 15 is 0 Å². The SMILES string of the molecule is N#CCOC(=O)CCN(CCCCCOC(=O)CCN(CCC(=O)OCCCCCN(CCC(=O)OCC#N)CCC(=O)OCC#N)CCC(=O)OCCCCCN(CCC(=O)OCC#N)CCC(=O)OCC#N)CCC(=O)OCC#N. The van der Waals surface area contributed by atoms with Gasteiger partial charge in [0.15, 0.2) is 39.6 Å². The van der Waals surface area contributed by atoms with E-state index in [4.69, 9.17) is 74.2 Å². The zero-order chi connectivity index (χ0) is 60.7. The van der Waals surface area contributed by atoms with E-state index in [1.165, 1.54) is 0 Å². The molecule has 0 amide bonds. The van der Waals surface area contributed by atoms with Crippen LogP contribution in [0.5, 0.6) is 0 Å². The highest BCUT2D eigenvalue weighted by molar-refractivity contribution is 5.73. The van der Waals surface area contributed by atoms with Gasteiger partial charge in [-0.15, -0.1) is 0 Å². The number of hydrogen-bond donors (Lipinski definition) is 0. The van der Waals surface area contributed by atoms with Crippen LogP contribution in [0.4, 0.5) is 0 Å². The highest BCUT2D eigenvalue weighted by Gasteiger charge is 2.18. The molecule has 0 saturated carbocycles. The average Bonchev–Trinajstić information content (AvgIpc) is 3.47. The lowest BCUT2D eigenvalue weighted by molar-refractivity contribution is -0.146. The van der Waals surface area contributed by atoms with Crippen LogP contribution in [0.2, 0.25) is 0 Å². The number of hydrogen-bond acceptors (Lipinski definition) is 28. The van der Waals surface area contributed by atoms with Crippen LogP contribution >= 0.6 is 0 Å². The molecule has 0 aliphatic heterocycles. The molecular weight excluding hydrogens is 1080 g/mol. The summed E-state index contributed by atoms with van der Waals surface area (Å²) in [6, 6.07) is 10.4. The van der Waals surface area contributed by atoms with Gasteiger partial charge in [0, 0.05) is 58.9 Å². The van der Waals surface area contributed by atoms with Crippen molar-refractivity contribution in [2.75, 3.05) is 138 Å². The van der Waals surface area contributed by atoms with E-state index in [0.29, 0.717) is 77.4 Å². The van der Waals surface area contributed by atoms with Crippen molar-refractivity contribution in [3.8, 4) is 36.4 Å². The van der Waals surface area contributed by atoms with E-state index < -0.39 is 53.7 Å². The minimum atomic E-state index is -0.565. The Labute approximate surface area is 479 Å². The number of carbonyl (C=O) groups is 9. The standard InChI is InChI=1S/C54H78N10O18/c55-19-40-77-49(68)10-28-61(29-11-50(69)78-41-20-56)25-4-1-7-37-74-46(65)16-34-64(35-17-47(66)75-38-8-2-5-26-62(30-12-51(70)79-42-21-57)31-13-52(71)80-43-22-58)36-18-48(67)76-39-9-3-6-27-63(32-14-53(72)81-44-23-59)33-15-54(73)82-45-24-60/h1-18,25-45H2. The van der Waals surface area contributed by atoms with Crippen LogP contribution in [0, 0.1) is 68.0 Å². The number of carbonyl (C=O) groups excluding carboxylic acids is 9. The maximum Gasteiger partial charge on any atom is 0.308 e. The Morgan fingerprint density at radius 1 is 0.220 bits per heavy atom. The minimum absolute atomic E-state index is 0.00735. The smallest absolute Gasteiger partial charge is 0.308 e. The summed E-state index contributed by atoms with van der Waals surface area (Å²) in [6.07, 6.45) is 5.09. The molecule has 0 unspecified atom stereocenters. The van der Waals surface area contributed by atoms with Gasteiger partial charge in [-0.3, -0.25) is 43.2 Å². The summed E-state index contributed by atoms with van der Waals surface area (Å²) in [4.78, 5) is 118. The summed E-state index contributed by atoms with van der Waals surface area (Å²) >= 11 is 0. The Bertz CT molecular complexity index is 1840. The molecule has 0 bridgehead atoms. The quantitative estimate of drug-likeness (QED) is 0.0479. The topological polar surface area (TPSA) is 392 Å². The lowest BCUT2D eigenvalue weighted by Gasteiger charge is -2.22. The summed E-state index contributed by atoms with van der Waals surface area (Å²) in [5.41, 5.74) is 0. The van der Waals surface area contributed by atoms with E-state index in [1.54, 1.807) is 41.3 Å². The Hall–Kier alpha value is -7.99. The van der Waals surface area contributed by atoms with Crippen LogP contribution in [0.3, 0.4) is 0 Å². The number of rotatable bonds is 51. The van der Waals surface area contributed by atoms with Crippen molar-refractivity contribution in [3.63, 3.8) is 0 Å². The molecule has 0 aliphatic rings. The third kappa shape index (κ3) is 46.9. The van der Waals surface area contributed by atoms with Gasteiger partial charge in [0.1, 0.15) is 36.4 Å². The molecule has 452 valence electrons. The molecular formula is C54H78N10O18. The Morgan fingerprint density at radius 3 is 0.549 bits per heavy atom. The maximum absolute atomic E-state index is 12.9. The zero-order valence-electron chi connectivity index (χ0n) is 46.9. The molecule has 0 aromatic rings. The number of ether oxygens (including phenoxy) is 9. The Balaban J connectivity index is 5.36. The second-order valence-electron chi connectivity index (χ2n) is 17.9. The molecule has 0 heterocycles. The highest BCUT2D eigenvalue weighted by Crippen LogP contribution is 2.09. The third-order valence-electron chi connectivity index (χ3n) is 11.6. The maximum atomic E-state index is 12.9. The Morgan fingerprint density at radius 2 is 0.378 bits per heavy atom. The summed E-state index contributed by atoms with van der Waals surface area (Å²) in [5, 5.41) is 52.0.